The van der Waals surface area contributed by atoms with Gasteiger partial charge in [-0.1, -0.05) is 37.3 Å². The van der Waals surface area contributed by atoms with Crippen molar-refractivity contribution in [2.24, 2.45) is 5.92 Å². The summed E-state index contributed by atoms with van der Waals surface area (Å²) >= 11 is 0. The molecule has 0 bridgehead atoms. The minimum Gasteiger partial charge on any atom is -0.375 e. The third-order valence-corrected chi connectivity index (χ3v) is 4.69. The van der Waals surface area contributed by atoms with Crippen LogP contribution in [0.15, 0.2) is 30.3 Å². The summed E-state index contributed by atoms with van der Waals surface area (Å²) in [6.45, 7) is 6.43. The molecule has 0 spiro atoms. The van der Waals surface area contributed by atoms with Crippen LogP contribution in [0.3, 0.4) is 0 Å². The monoisotopic (exact) mass is 262 g/mol. The molecule has 0 amide bonds. The van der Waals surface area contributed by atoms with Crippen LogP contribution in [0, 0.1) is 5.92 Å². The molecule has 1 heterocycles. The van der Waals surface area contributed by atoms with Crippen LogP contribution < -0.4 is 5.73 Å². The number of ether oxygens (including phenoxy) is 1. The Balaban J connectivity index is 2.15. The van der Waals surface area contributed by atoms with Crippen LogP contribution >= 0.6 is 0 Å². The van der Waals surface area contributed by atoms with Crippen molar-refractivity contribution in [2.75, 3.05) is 13.2 Å². The van der Waals surface area contributed by atoms with Crippen molar-refractivity contribution in [1.29, 1.82) is 0 Å². The molecule has 1 aliphatic heterocycles. The fourth-order valence-corrected chi connectivity index (χ4v) is 3.36. The molecule has 1 aromatic carbocycles. The molecule has 0 radical (unpaired) electrons. The zero-order valence-electron chi connectivity index (χ0n) is 12.4. The quantitative estimate of drug-likeness (QED) is 0.870. The number of rotatable bonds is 5. The normalized spacial score (nSPS) is 29.1. The average Bonchev–Trinajstić information content (AvgIpc) is 2.46. The van der Waals surface area contributed by atoms with E-state index in [9.17, 15) is 0 Å². The average molecular weight is 262 g/mol. The lowest BCUT2D eigenvalue weighted by atomic mass is 9.74. The first kappa shape index (κ1) is 14.5. The zero-order valence-corrected chi connectivity index (χ0v) is 12.4. The van der Waals surface area contributed by atoms with E-state index >= 15 is 0 Å². The molecule has 1 saturated heterocycles. The summed E-state index contributed by atoms with van der Waals surface area (Å²) in [5.74, 6) is 1.39. The van der Waals surface area contributed by atoms with Gasteiger partial charge in [0, 0.05) is 13.0 Å². The van der Waals surface area contributed by atoms with Crippen molar-refractivity contribution < 1.29 is 10.5 Å². The molecule has 106 valence electrons. The van der Waals surface area contributed by atoms with Crippen molar-refractivity contribution in [3.63, 3.8) is 0 Å². The first-order valence-corrected chi connectivity index (χ1v) is 7.66. The Morgan fingerprint density at radius 1 is 1.37 bits per heavy atom. The van der Waals surface area contributed by atoms with Gasteiger partial charge in [0.1, 0.15) is 0 Å². The van der Waals surface area contributed by atoms with Crippen molar-refractivity contribution in [1.82, 2.24) is 0 Å². The first-order valence-electron chi connectivity index (χ1n) is 7.66. The Hall–Kier alpha value is -0.860. The fraction of sp³-hybridized carbons (Fsp3) is 0.647. The third-order valence-electron chi connectivity index (χ3n) is 4.69. The Morgan fingerprint density at radius 3 is 2.74 bits per heavy atom. The molecule has 0 unspecified atom stereocenters. The number of hydrogen-bond acceptors (Lipinski definition) is 1. The smallest absolute Gasteiger partial charge is 0.0745 e. The molecule has 3 atom stereocenters. The largest absolute Gasteiger partial charge is 0.375 e. The van der Waals surface area contributed by atoms with E-state index in [1.54, 1.807) is 0 Å². The maximum atomic E-state index is 5.99. The van der Waals surface area contributed by atoms with Gasteiger partial charge < -0.3 is 10.5 Å². The molecule has 0 aromatic heterocycles. The van der Waals surface area contributed by atoms with Crippen LogP contribution in [-0.2, 0) is 4.74 Å². The molecule has 1 aromatic rings. The maximum Gasteiger partial charge on any atom is 0.0745 e. The molecule has 0 saturated carbocycles. The molecule has 19 heavy (non-hydrogen) atoms. The van der Waals surface area contributed by atoms with Crippen molar-refractivity contribution in [3.8, 4) is 0 Å². The van der Waals surface area contributed by atoms with E-state index in [-0.39, 0.29) is 5.60 Å². The first-order chi connectivity index (χ1) is 9.18. The van der Waals surface area contributed by atoms with Crippen LogP contribution in [0.2, 0.25) is 0 Å². The van der Waals surface area contributed by atoms with Crippen LogP contribution in [0.25, 0.3) is 0 Å². The second-order valence-corrected chi connectivity index (χ2v) is 6.06. The Labute approximate surface area is 117 Å². The van der Waals surface area contributed by atoms with Crippen LogP contribution in [0.4, 0.5) is 0 Å². The second-order valence-electron chi connectivity index (χ2n) is 6.06. The summed E-state index contributed by atoms with van der Waals surface area (Å²) in [5.41, 5.74) is 5.63. The van der Waals surface area contributed by atoms with Crippen molar-refractivity contribution >= 4 is 0 Å². The van der Waals surface area contributed by atoms with Gasteiger partial charge in [-0.05, 0) is 43.6 Å². The zero-order chi connectivity index (χ0) is 13.7. The standard InChI is InChI=1S/C17H27NO/c1-3-17(2)13-15(10-12-19-17)16(9-11-18)14-7-5-4-6-8-14/h4-8,15-16H,3,9-13,18H2,1-2H3/p+1/t15-,16-,17+/m0/s1. The summed E-state index contributed by atoms with van der Waals surface area (Å²) in [4.78, 5) is 0. The van der Waals surface area contributed by atoms with Gasteiger partial charge in [0.25, 0.3) is 0 Å². The molecule has 1 aliphatic rings. The van der Waals surface area contributed by atoms with E-state index in [0.717, 1.165) is 25.5 Å². The van der Waals surface area contributed by atoms with Gasteiger partial charge >= 0.3 is 0 Å². The highest BCUT2D eigenvalue weighted by Crippen LogP contribution is 2.40. The predicted octanol–water partition coefficient (Wildman–Crippen LogP) is 3.00. The fourth-order valence-electron chi connectivity index (χ4n) is 3.36. The molecule has 0 aliphatic carbocycles. The van der Waals surface area contributed by atoms with E-state index in [1.807, 2.05) is 0 Å². The van der Waals surface area contributed by atoms with Gasteiger partial charge in [-0.3, -0.25) is 0 Å². The van der Waals surface area contributed by atoms with Crippen molar-refractivity contribution in [2.45, 2.75) is 51.0 Å². The van der Waals surface area contributed by atoms with Crippen LogP contribution in [-0.4, -0.2) is 18.8 Å². The van der Waals surface area contributed by atoms with E-state index < -0.39 is 0 Å². The van der Waals surface area contributed by atoms with Gasteiger partial charge in [0.2, 0.25) is 0 Å². The highest BCUT2D eigenvalue weighted by Gasteiger charge is 2.35. The van der Waals surface area contributed by atoms with Gasteiger partial charge in [-0.15, -0.1) is 0 Å². The number of quaternary nitrogens is 1. The lowest BCUT2D eigenvalue weighted by molar-refractivity contribution is -0.369. The summed E-state index contributed by atoms with van der Waals surface area (Å²) in [6, 6.07) is 11.0. The molecule has 2 nitrogen and oxygen atoms in total. The third kappa shape index (κ3) is 3.58. The molecular weight excluding hydrogens is 234 g/mol. The molecule has 3 N–H and O–H groups in total. The number of benzene rings is 1. The van der Waals surface area contributed by atoms with Gasteiger partial charge in [-0.25, -0.2) is 0 Å². The topological polar surface area (TPSA) is 36.9 Å². The summed E-state index contributed by atoms with van der Waals surface area (Å²) < 4.78 is 5.99. The summed E-state index contributed by atoms with van der Waals surface area (Å²) in [7, 11) is 0. The molecule has 1 fully saturated rings. The molecule has 2 rings (SSSR count). The van der Waals surface area contributed by atoms with Crippen LogP contribution in [0.1, 0.15) is 51.0 Å². The Kier molecular flexibility index (Phi) is 5.00. The second kappa shape index (κ2) is 6.53. The van der Waals surface area contributed by atoms with Gasteiger partial charge in [-0.2, -0.15) is 0 Å². The summed E-state index contributed by atoms with van der Waals surface area (Å²) in [5, 5.41) is 0. The summed E-state index contributed by atoms with van der Waals surface area (Å²) in [6.07, 6.45) is 4.67. The minimum atomic E-state index is 0.0805. The molecular formula is C17H28NO+. The predicted molar refractivity (Wildman–Crippen MR) is 78.9 cm³/mol. The maximum absolute atomic E-state index is 5.99. The van der Waals surface area contributed by atoms with E-state index in [2.05, 4.69) is 49.9 Å². The highest BCUT2D eigenvalue weighted by atomic mass is 16.5. The van der Waals surface area contributed by atoms with Gasteiger partial charge in [0.05, 0.1) is 12.1 Å². The van der Waals surface area contributed by atoms with Crippen LogP contribution in [0.5, 0.6) is 0 Å². The molecule has 2 heteroatoms. The van der Waals surface area contributed by atoms with Crippen molar-refractivity contribution in [3.05, 3.63) is 35.9 Å². The Morgan fingerprint density at radius 2 is 2.11 bits per heavy atom. The lowest BCUT2D eigenvalue weighted by Gasteiger charge is -2.41. The minimum absolute atomic E-state index is 0.0805. The van der Waals surface area contributed by atoms with E-state index in [0.29, 0.717) is 5.92 Å². The Bertz CT molecular complexity index is 378. The lowest BCUT2D eigenvalue weighted by Crippen LogP contribution is -2.51. The highest BCUT2D eigenvalue weighted by molar-refractivity contribution is 5.20. The SMILES string of the molecule is CC[C@]1(C)C[C@@H]([C@@H](CC[NH3+])c2ccccc2)CCO1. The van der Waals surface area contributed by atoms with Gasteiger partial charge in [0.15, 0.2) is 0 Å². The number of hydrogen-bond donors (Lipinski definition) is 1. The van der Waals surface area contributed by atoms with E-state index in [4.69, 9.17) is 4.74 Å². The van der Waals surface area contributed by atoms with E-state index in [1.165, 1.54) is 24.8 Å².